The average Bonchev–Trinajstić information content (AvgIpc) is 3.33. The molecule has 2 rings (SSSR count). The van der Waals surface area contributed by atoms with Gasteiger partial charge in [0.2, 0.25) is 5.91 Å². The van der Waals surface area contributed by atoms with Gasteiger partial charge in [-0.2, -0.15) is 0 Å². The minimum Gasteiger partial charge on any atom is -0.372 e. The molecule has 1 N–H and O–H groups in total. The summed E-state index contributed by atoms with van der Waals surface area (Å²) in [6.45, 7) is 5.47. The van der Waals surface area contributed by atoms with Crippen molar-refractivity contribution in [2.45, 2.75) is 38.8 Å². The van der Waals surface area contributed by atoms with Crippen molar-refractivity contribution >= 4 is 5.91 Å². The number of nitrogens with one attached hydrogen (secondary N) is 1. The third-order valence-electron chi connectivity index (χ3n) is 3.69. The van der Waals surface area contributed by atoms with E-state index in [1.165, 1.54) is 5.56 Å². The number of benzene rings is 1. The predicted molar refractivity (Wildman–Crippen MR) is 84.0 cm³/mol. The lowest BCUT2D eigenvalue weighted by Gasteiger charge is -2.20. The molecular formula is C17H26N2O2. The molecule has 0 atom stereocenters. The average molecular weight is 290 g/mol. The van der Waals surface area contributed by atoms with E-state index in [0.29, 0.717) is 12.6 Å². The Labute approximate surface area is 127 Å². The Kier molecular flexibility index (Phi) is 6.70. The molecule has 21 heavy (non-hydrogen) atoms. The first-order chi connectivity index (χ1) is 10.3. The van der Waals surface area contributed by atoms with E-state index in [1.54, 1.807) is 0 Å². The van der Waals surface area contributed by atoms with Crippen molar-refractivity contribution in [1.29, 1.82) is 0 Å². The van der Waals surface area contributed by atoms with Crippen LogP contribution in [0.4, 0.5) is 0 Å². The van der Waals surface area contributed by atoms with Crippen LogP contribution in [0.15, 0.2) is 30.3 Å². The lowest BCUT2D eigenvalue weighted by atomic mass is 10.2. The van der Waals surface area contributed by atoms with Crippen molar-refractivity contribution < 1.29 is 9.53 Å². The van der Waals surface area contributed by atoms with Crippen LogP contribution in [0.5, 0.6) is 0 Å². The van der Waals surface area contributed by atoms with Crippen LogP contribution in [0.2, 0.25) is 0 Å². The van der Waals surface area contributed by atoms with Crippen molar-refractivity contribution in [3.8, 4) is 0 Å². The van der Waals surface area contributed by atoms with Crippen LogP contribution >= 0.6 is 0 Å². The van der Waals surface area contributed by atoms with Gasteiger partial charge in [0.05, 0.1) is 0 Å². The van der Waals surface area contributed by atoms with E-state index in [1.807, 2.05) is 30.0 Å². The van der Waals surface area contributed by atoms with Gasteiger partial charge in [-0.1, -0.05) is 30.3 Å². The van der Waals surface area contributed by atoms with Gasteiger partial charge in [0.15, 0.2) is 0 Å². The molecular weight excluding hydrogens is 264 g/mol. The minimum atomic E-state index is 0.136. The molecule has 1 aliphatic rings. The van der Waals surface area contributed by atoms with E-state index in [9.17, 15) is 4.79 Å². The Morgan fingerprint density at radius 1 is 1.33 bits per heavy atom. The van der Waals surface area contributed by atoms with E-state index in [0.717, 1.165) is 38.9 Å². The van der Waals surface area contributed by atoms with Crippen molar-refractivity contribution in [1.82, 2.24) is 10.2 Å². The monoisotopic (exact) mass is 290 g/mol. The summed E-state index contributed by atoms with van der Waals surface area (Å²) in [5.74, 6) is 0.136. The predicted octanol–water partition coefficient (Wildman–Crippen LogP) is 2.19. The van der Waals surface area contributed by atoms with Crippen LogP contribution in [0.1, 0.15) is 31.7 Å². The van der Waals surface area contributed by atoms with Crippen LogP contribution in [-0.4, -0.2) is 43.2 Å². The van der Waals surface area contributed by atoms with Crippen LogP contribution in [0, 0.1) is 0 Å². The Bertz CT molecular complexity index is 418. The largest absolute Gasteiger partial charge is 0.372 e. The SMILES string of the molecule is CCN(C(=O)COCCCNCc1ccccc1)C1CC1. The lowest BCUT2D eigenvalue weighted by Crippen LogP contribution is -2.35. The number of carbonyl (C=O) groups excluding carboxylic acids is 1. The van der Waals surface area contributed by atoms with E-state index in [2.05, 4.69) is 17.4 Å². The summed E-state index contributed by atoms with van der Waals surface area (Å²) >= 11 is 0. The number of hydrogen-bond donors (Lipinski definition) is 1. The van der Waals surface area contributed by atoms with Gasteiger partial charge in [-0.05, 0) is 38.3 Å². The van der Waals surface area contributed by atoms with Crippen molar-refractivity contribution in [3.05, 3.63) is 35.9 Å². The molecule has 116 valence electrons. The highest BCUT2D eigenvalue weighted by Gasteiger charge is 2.30. The minimum absolute atomic E-state index is 0.136. The second kappa shape index (κ2) is 8.80. The zero-order valence-corrected chi connectivity index (χ0v) is 12.9. The highest BCUT2D eigenvalue weighted by Crippen LogP contribution is 2.26. The number of amides is 1. The second-order valence-corrected chi connectivity index (χ2v) is 5.48. The van der Waals surface area contributed by atoms with Crippen molar-refractivity contribution in [2.24, 2.45) is 0 Å². The highest BCUT2D eigenvalue weighted by atomic mass is 16.5. The Morgan fingerprint density at radius 2 is 2.10 bits per heavy atom. The van der Waals surface area contributed by atoms with E-state index >= 15 is 0 Å². The van der Waals surface area contributed by atoms with Gasteiger partial charge in [-0.25, -0.2) is 0 Å². The molecule has 1 fully saturated rings. The third-order valence-corrected chi connectivity index (χ3v) is 3.69. The Hall–Kier alpha value is -1.39. The van der Waals surface area contributed by atoms with Gasteiger partial charge < -0.3 is 15.0 Å². The number of hydrogen-bond acceptors (Lipinski definition) is 3. The van der Waals surface area contributed by atoms with Gasteiger partial charge in [0.25, 0.3) is 0 Å². The summed E-state index contributed by atoms with van der Waals surface area (Å²) in [4.78, 5) is 13.9. The topological polar surface area (TPSA) is 41.6 Å². The molecule has 1 saturated carbocycles. The van der Waals surface area contributed by atoms with E-state index in [-0.39, 0.29) is 12.5 Å². The molecule has 0 unspecified atom stereocenters. The third kappa shape index (κ3) is 5.86. The molecule has 1 amide bonds. The van der Waals surface area contributed by atoms with Gasteiger partial charge in [-0.15, -0.1) is 0 Å². The van der Waals surface area contributed by atoms with Crippen LogP contribution in [0.25, 0.3) is 0 Å². The standard InChI is InChI=1S/C17H26N2O2/c1-2-19(16-9-10-16)17(20)14-21-12-6-11-18-13-15-7-4-3-5-8-15/h3-5,7-8,16,18H,2,6,9-14H2,1H3. The van der Waals surface area contributed by atoms with Crippen LogP contribution < -0.4 is 5.32 Å². The van der Waals surface area contributed by atoms with Crippen LogP contribution in [-0.2, 0) is 16.1 Å². The fourth-order valence-corrected chi connectivity index (χ4v) is 2.39. The summed E-state index contributed by atoms with van der Waals surface area (Å²) in [5.41, 5.74) is 1.29. The second-order valence-electron chi connectivity index (χ2n) is 5.48. The first-order valence-electron chi connectivity index (χ1n) is 7.93. The summed E-state index contributed by atoms with van der Waals surface area (Å²) in [6, 6.07) is 10.8. The Balaban J connectivity index is 1.47. The fourth-order valence-electron chi connectivity index (χ4n) is 2.39. The molecule has 0 radical (unpaired) electrons. The molecule has 0 bridgehead atoms. The molecule has 4 nitrogen and oxygen atoms in total. The molecule has 4 heteroatoms. The number of likely N-dealkylation sites (N-methyl/N-ethyl adjacent to an activating group) is 1. The summed E-state index contributed by atoms with van der Waals surface area (Å²) < 4.78 is 5.48. The first-order valence-corrected chi connectivity index (χ1v) is 7.93. The lowest BCUT2D eigenvalue weighted by molar-refractivity contribution is -0.136. The van der Waals surface area contributed by atoms with Crippen molar-refractivity contribution in [3.63, 3.8) is 0 Å². The number of nitrogens with zero attached hydrogens (tertiary/aromatic N) is 1. The quantitative estimate of drug-likeness (QED) is 0.672. The molecule has 1 aliphatic carbocycles. The normalized spacial score (nSPS) is 14.1. The molecule has 1 aromatic carbocycles. The maximum atomic E-state index is 11.9. The molecule has 1 aromatic rings. The molecule has 0 heterocycles. The molecule has 0 aliphatic heterocycles. The smallest absolute Gasteiger partial charge is 0.248 e. The zero-order valence-electron chi connectivity index (χ0n) is 12.9. The van der Waals surface area contributed by atoms with E-state index < -0.39 is 0 Å². The summed E-state index contributed by atoms with van der Waals surface area (Å²) in [7, 11) is 0. The van der Waals surface area contributed by atoms with E-state index in [4.69, 9.17) is 4.74 Å². The summed E-state index contributed by atoms with van der Waals surface area (Å²) in [6.07, 6.45) is 3.24. The molecule has 0 aromatic heterocycles. The Morgan fingerprint density at radius 3 is 2.76 bits per heavy atom. The summed E-state index contributed by atoms with van der Waals surface area (Å²) in [5, 5.41) is 3.38. The van der Waals surface area contributed by atoms with Crippen LogP contribution in [0.3, 0.4) is 0 Å². The fraction of sp³-hybridized carbons (Fsp3) is 0.588. The maximum Gasteiger partial charge on any atom is 0.248 e. The number of ether oxygens (including phenoxy) is 1. The maximum absolute atomic E-state index is 11.9. The zero-order chi connectivity index (χ0) is 14.9. The van der Waals surface area contributed by atoms with Gasteiger partial charge in [0, 0.05) is 25.7 Å². The molecule has 0 spiro atoms. The van der Waals surface area contributed by atoms with Gasteiger partial charge >= 0.3 is 0 Å². The number of rotatable bonds is 10. The first kappa shape index (κ1) is 16.0. The number of carbonyl (C=O) groups is 1. The van der Waals surface area contributed by atoms with Crippen molar-refractivity contribution in [2.75, 3.05) is 26.3 Å². The van der Waals surface area contributed by atoms with Gasteiger partial charge in [0.1, 0.15) is 6.61 Å². The molecule has 0 saturated heterocycles. The van der Waals surface area contributed by atoms with Gasteiger partial charge in [-0.3, -0.25) is 4.79 Å². The highest BCUT2D eigenvalue weighted by molar-refractivity contribution is 5.78.